The van der Waals surface area contributed by atoms with Gasteiger partial charge >= 0.3 is 0 Å². The normalized spacial score (nSPS) is 11.1. The molecule has 2 aromatic heterocycles. The summed E-state index contributed by atoms with van der Waals surface area (Å²) in [6.45, 7) is 0.311. The molecule has 5 aromatic rings. The SMILES string of the molecule is O=C(CCc1ccc(F)cc1F)c1ccc(Cn2cnc3ccc(-c4cc[nH]c4)cc3c2=O)cc1. The monoisotopic (exact) mass is 469 g/mol. The zero-order valence-corrected chi connectivity index (χ0v) is 18.7. The Morgan fingerprint density at radius 1 is 0.943 bits per heavy atom. The molecular formula is C28H21F2N3O2. The summed E-state index contributed by atoms with van der Waals surface area (Å²) in [6, 6.07) is 17.9. The number of Topliss-reactive ketones (excluding diaryl/α,β-unsaturated/α-hetero) is 1. The number of ketones is 1. The van der Waals surface area contributed by atoms with Gasteiger partial charge in [0.2, 0.25) is 0 Å². The molecular weight excluding hydrogens is 448 g/mol. The Balaban J connectivity index is 1.30. The second-order valence-electron chi connectivity index (χ2n) is 8.37. The second kappa shape index (κ2) is 9.46. The standard InChI is InChI=1S/C28H21F2N3O2/c29-23-8-5-19(25(30)14-23)7-10-27(34)20-3-1-18(2-4-20)16-33-17-32-26-9-6-21(13-24(26)28(33)35)22-11-12-31-15-22/h1-6,8-9,11-15,17,31H,7,10,16H2. The minimum atomic E-state index is -0.650. The average molecular weight is 469 g/mol. The largest absolute Gasteiger partial charge is 0.367 e. The maximum absolute atomic E-state index is 13.8. The van der Waals surface area contributed by atoms with E-state index in [0.29, 0.717) is 28.6 Å². The summed E-state index contributed by atoms with van der Waals surface area (Å²) in [7, 11) is 0. The number of aromatic amines is 1. The Labute approximate surface area is 199 Å². The first kappa shape index (κ1) is 22.4. The highest BCUT2D eigenvalue weighted by atomic mass is 19.1. The van der Waals surface area contributed by atoms with Gasteiger partial charge in [0, 0.05) is 30.4 Å². The highest BCUT2D eigenvalue weighted by Crippen LogP contribution is 2.21. The van der Waals surface area contributed by atoms with Crippen LogP contribution in [-0.4, -0.2) is 20.3 Å². The summed E-state index contributed by atoms with van der Waals surface area (Å²) in [6.07, 6.45) is 5.53. The average Bonchev–Trinajstić information content (AvgIpc) is 3.40. The highest BCUT2D eigenvalue weighted by Gasteiger charge is 2.11. The first-order chi connectivity index (χ1) is 17.0. The Kier molecular flexibility index (Phi) is 6.06. The van der Waals surface area contributed by atoms with Crippen molar-refractivity contribution >= 4 is 16.7 Å². The molecule has 0 amide bonds. The summed E-state index contributed by atoms with van der Waals surface area (Å²) in [5.41, 5.74) is 4.05. The fraction of sp³-hybridized carbons (Fsp3) is 0.107. The molecule has 35 heavy (non-hydrogen) atoms. The first-order valence-corrected chi connectivity index (χ1v) is 11.2. The Morgan fingerprint density at radius 2 is 1.77 bits per heavy atom. The van der Waals surface area contributed by atoms with Gasteiger partial charge < -0.3 is 4.98 Å². The topological polar surface area (TPSA) is 67.8 Å². The van der Waals surface area contributed by atoms with E-state index >= 15 is 0 Å². The molecule has 0 aliphatic carbocycles. The summed E-state index contributed by atoms with van der Waals surface area (Å²) in [4.78, 5) is 33.1. The number of hydrogen-bond acceptors (Lipinski definition) is 3. The molecule has 0 aliphatic heterocycles. The summed E-state index contributed by atoms with van der Waals surface area (Å²) in [5.74, 6) is -1.43. The number of H-pyrrole nitrogens is 1. The van der Waals surface area contributed by atoms with Crippen molar-refractivity contribution < 1.29 is 13.6 Å². The molecule has 0 fully saturated rings. The molecule has 0 saturated carbocycles. The second-order valence-corrected chi connectivity index (χ2v) is 8.37. The van der Waals surface area contributed by atoms with Gasteiger partial charge in [-0.25, -0.2) is 13.8 Å². The number of rotatable bonds is 7. The van der Waals surface area contributed by atoms with Crippen molar-refractivity contribution in [2.45, 2.75) is 19.4 Å². The van der Waals surface area contributed by atoms with Crippen LogP contribution in [-0.2, 0) is 13.0 Å². The van der Waals surface area contributed by atoms with Crippen molar-refractivity contribution in [3.05, 3.63) is 124 Å². The van der Waals surface area contributed by atoms with Gasteiger partial charge in [0.15, 0.2) is 5.78 Å². The van der Waals surface area contributed by atoms with E-state index in [2.05, 4.69) is 9.97 Å². The number of halogens is 2. The third-order valence-corrected chi connectivity index (χ3v) is 6.02. The minimum absolute atomic E-state index is 0.111. The number of carbonyl (C=O) groups excluding carboxylic acids is 1. The third kappa shape index (κ3) is 4.80. The van der Waals surface area contributed by atoms with E-state index in [0.717, 1.165) is 22.8 Å². The van der Waals surface area contributed by atoms with E-state index in [1.165, 1.54) is 23.0 Å². The van der Waals surface area contributed by atoms with E-state index in [-0.39, 0.29) is 24.2 Å². The van der Waals surface area contributed by atoms with Crippen LogP contribution in [0.2, 0.25) is 0 Å². The lowest BCUT2D eigenvalue weighted by Gasteiger charge is -2.09. The summed E-state index contributed by atoms with van der Waals surface area (Å²) < 4.78 is 28.4. The predicted molar refractivity (Wildman–Crippen MR) is 130 cm³/mol. The fourth-order valence-corrected chi connectivity index (χ4v) is 4.06. The van der Waals surface area contributed by atoms with Gasteiger partial charge in [-0.2, -0.15) is 0 Å². The Hall–Kier alpha value is -4.39. The zero-order chi connectivity index (χ0) is 24.4. The van der Waals surface area contributed by atoms with E-state index < -0.39 is 11.6 Å². The number of nitrogens with zero attached hydrogens (tertiary/aromatic N) is 2. The number of benzene rings is 3. The van der Waals surface area contributed by atoms with Gasteiger partial charge in [-0.05, 0) is 52.9 Å². The Bertz CT molecular complexity index is 1570. The van der Waals surface area contributed by atoms with E-state index in [1.807, 2.05) is 36.7 Å². The van der Waals surface area contributed by atoms with Crippen LogP contribution in [0.1, 0.15) is 27.9 Å². The van der Waals surface area contributed by atoms with Crippen LogP contribution in [0.5, 0.6) is 0 Å². The molecule has 0 spiro atoms. The van der Waals surface area contributed by atoms with Crippen molar-refractivity contribution in [3.8, 4) is 11.1 Å². The van der Waals surface area contributed by atoms with Gasteiger partial charge in [-0.1, -0.05) is 36.4 Å². The van der Waals surface area contributed by atoms with Crippen LogP contribution >= 0.6 is 0 Å². The quantitative estimate of drug-likeness (QED) is 0.319. The molecule has 7 heteroatoms. The first-order valence-electron chi connectivity index (χ1n) is 11.2. The van der Waals surface area contributed by atoms with Crippen LogP contribution in [0.15, 0.2) is 90.2 Å². The molecule has 5 rings (SSSR count). The molecule has 0 atom stereocenters. The van der Waals surface area contributed by atoms with Crippen LogP contribution in [0, 0.1) is 11.6 Å². The number of carbonyl (C=O) groups is 1. The number of nitrogens with one attached hydrogen (secondary N) is 1. The minimum Gasteiger partial charge on any atom is -0.367 e. The lowest BCUT2D eigenvalue weighted by Crippen LogP contribution is -2.21. The number of fused-ring (bicyclic) bond motifs is 1. The lowest BCUT2D eigenvalue weighted by molar-refractivity contribution is 0.0982. The van der Waals surface area contributed by atoms with Crippen molar-refractivity contribution in [1.82, 2.24) is 14.5 Å². The maximum Gasteiger partial charge on any atom is 0.261 e. The van der Waals surface area contributed by atoms with Crippen LogP contribution < -0.4 is 5.56 Å². The number of hydrogen-bond donors (Lipinski definition) is 1. The Morgan fingerprint density at radius 3 is 2.51 bits per heavy atom. The fourth-order valence-electron chi connectivity index (χ4n) is 4.06. The van der Waals surface area contributed by atoms with Crippen molar-refractivity contribution in [3.63, 3.8) is 0 Å². The molecule has 0 aliphatic rings. The molecule has 0 radical (unpaired) electrons. The molecule has 0 saturated heterocycles. The van der Waals surface area contributed by atoms with E-state index in [1.54, 1.807) is 24.3 Å². The smallest absolute Gasteiger partial charge is 0.261 e. The predicted octanol–water partition coefficient (Wildman–Crippen LogP) is 5.53. The number of aryl methyl sites for hydroxylation is 1. The van der Waals surface area contributed by atoms with E-state index in [4.69, 9.17) is 0 Å². The van der Waals surface area contributed by atoms with Gasteiger partial charge in [-0.3, -0.25) is 14.2 Å². The molecule has 1 N–H and O–H groups in total. The maximum atomic E-state index is 13.8. The van der Waals surface area contributed by atoms with Crippen molar-refractivity contribution in [1.29, 1.82) is 0 Å². The number of aromatic nitrogens is 3. The van der Waals surface area contributed by atoms with E-state index in [9.17, 15) is 18.4 Å². The molecule has 0 unspecified atom stereocenters. The summed E-state index contributed by atoms with van der Waals surface area (Å²) in [5, 5.41) is 0.533. The van der Waals surface area contributed by atoms with Crippen molar-refractivity contribution in [2.75, 3.05) is 0 Å². The molecule has 174 valence electrons. The van der Waals surface area contributed by atoms with Gasteiger partial charge in [0.1, 0.15) is 11.6 Å². The van der Waals surface area contributed by atoms with Gasteiger partial charge in [0.05, 0.1) is 23.8 Å². The van der Waals surface area contributed by atoms with Gasteiger partial charge in [-0.15, -0.1) is 0 Å². The van der Waals surface area contributed by atoms with Gasteiger partial charge in [0.25, 0.3) is 5.56 Å². The third-order valence-electron chi connectivity index (χ3n) is 6.02. The molecule has 5 nitrogen and oxygen atoms in total. The summed E-state index contributed by atoms with van der Waals surface area (Å²) >= 11 is 0. The lowest BCUT2D eigenvalue weighted by atomic mass is 10.0. The molecule has 3 aromatic carbocycles. The van der Waals surface area contributed by atoms with Crippen LogP contribution in [0.3, 0.4) is 0 Å². The highest BCUT2D eigenvalue weighted by molar-refractivity contribution is 5.96. The molecule has 2 heterocycles. The van der Waals surface area contributed by atoms with Crippen molar-refractivity contribution in [2.24, 2.45) is 0 Å². The zero-order valence-electron chi connectivity index (χ0n) is 18.7. The molecule has 0 bridgehead atoms. The van der Waals surface area contributed by atoms with Crippen LogP contribution in [0.25, 0.3) is 22.0 Å². The van der Waals surface area contributed by atoms with Crippen LogP contribution in [0.4, 0.5) is 8.78 Å².